The minimum absolute atomic E-state index is 0.0160. The molecule has 1 heterocycles. The topological polar surface area (TPSA) is 58.6 Å². The fourth-order valence-corrected chi connectivity index (χ4v) is 3.61. The van der Waals surface area contributed by atoms with Gasteiger partial charge < -0.3 is 15.0 Å². The van der Waals surface area contributed by atoms with Crippen molar-refractivity contribution in [3.05, 3.63) is 63.9 Å². The summed E-state index contributed by atoms with van der Waals surface area (Å²) >= 11 is 6.07. The first-order valence-corrected chi connectivity index (χ1v) is 9.95. The van der Waals surface area contributed by atoms with E-state index in [0.717, 1.165) is 24.0 Å². The molecule has 2 amide bonds. The van der Waals surface area contributed by atoms with E-state index >= 15 is 0 Å². The maximum Gasteiger partial charge on any atom is 0.258 e. The fourth-order valence-electron chi connectivity index (χ4n) is 3.36. The second-order valence-electron chi connectivity index (χ2n) is 7.21. The number of carbonyl (C=O) groups excluding carboxylic acids is 2. The van der Waals surface area contributed by atoms with Crippen LogP contribution in [-0.2, 0) is 9.53 Å². The molecule has 1 aliphatic heterocycles. The van der Waals surface area contributed by atoms with Gasteiger partial charge in [0.2, 0.25) is 5.91 Å². The summed E-state index contributed by atoms with van der Waals surface area (Å²) < 4.78 is 19.9. The Morgan fingerprint density at radius 3 is 2.69 bits per heavy atom. The van der Waals surface area contributed by atoms with Crippen LogP contribution < -0.4 is 5.32 Å². The maximum absolute atomic E-state index is 14.3. The van der Waals surface area contributed by atoms with Crippen molar-refractivity contribution in [2.24, 2.45) is 0 Å². The van der Waals surface area contributed by atoms with Gasteiger partial charge in [0.15, 0.2) is 0 Å². The molecule has 1 saturated heterocycles. The Hall–Kier alpha value is -2.44. The van der Waals surface area contributed by atoms with Gasteiger partial charge in [-0.1, -0.05) is 29.8 Å². The molecule has 2 aromatic carbocycles. The average molecular weight is 419 g/mol. The third-order valence-electron chi connectivity index (χ3n) is 5.13. The summed E-state index contributed by atoms with van der Waals surface area (Å²) in [5.74, 6) is -1.70. The van der Waals surface area contributed by atoms with Gasteiger partial charge in [0.05, 0.1) is 16.7 Å². The van der Waals surface area contributed by atoms with Gasteiger partial charge >= 0.3 is 0 Å². The summed E-state index contributed by atoms with van der Waals surface area (Å²) in [6.07, 6.45) is 1.49. The van der Waals surface area contributed by atoms with Crippen molar-refractivity contribution in [3.63, 3.8) is 0 Å². The van der Waals surface area contributed by atoms with Gasteiger partial charge in [-0.15, -0.1) is 0 Å². The van der Waals surface area contributed by atoms with Crippen LogP contribution in [0.15, 0.2) is 36.4 Å². The molecule has 154 valence electrons. The average Bonchev–Trinajstić information content (AvgIpc) is 3.18. The number of hydrogen-bond donors (Lipinski definition) is 1. The first-order valence-electron chi connectivity index (χ1n) is 9.57. The zero-order valence-corrected chi connectivity index (χ0v) is 17.3. The number of rotatable bonds is 6. The highest BCUT2D eigenvalue weighted by atomic mass is 35.5. The number of anilines is 1. The normalized spacial score (nSPS) is 15.9. The van der Waals surface area contributed by atoms with E-state index < -0.39 is 11.7 Å². The molecule has 0 spiro atoms. The van der Waals surface area contributed by atoms with Crippen molar-refractivity contribution in [1.82, 2.24) is 4.90 Å². The lowest BCUT2D eigenvalue weighted by Crippen LogP contribution is -2.42. The van der Waals surface area contributed by atoms with Crippen LogP contribution in [-0.4, -0.2) is 42.5 Å². The van der Waals surface area contributed by atoms with Gasteiger partial charge in [-0.25, -0.2) is 4.39 Å². The van der Waals surface area contributed by atoms with Crippen LogP contribution in [0.25, 0.3) is 0 Å². The molecule has 0 saturated carbocycles. The second kappa shape index (κ2) is 9.37. The Bertz CT molecular complexity index is 893. The quantitative estimate of drug-likeness (QED) is 0.758. The zero-order chi connectivity index (χ0) is 21.0. The number of hydrogen-bond acceptors (Lipinski definition) is 3. The van der Waals surface area contributed by atoms with E-state index in [2.05, 4.69) is 5.32 Å². The molecule has 1 atom stereocenters. The summed E-state index contributed by atoms with van der Waals surface area (Å²) in [5.41, 5.74) is 2.46. The molecule has 0 bridgehead atoms. The maximum atomic E-state index is 14.3. The van der Waals surface area contributed by atoms with Crippen LogP contribution in [0, 0.1) is 19.7 Å². The lowest BCUT2D eigenvalue weighted by molar-refractivity contribution is -0.117. The summed E-state index contributed by atoms with van der Waals surface area (Å²) in [4.78, 5) is 27.0. The van der Waals surface area contributed by atoms with E-state index in [1.165, 1.54) is 23.1 Å². The van der Waals surface area contributed by atoms with Gasteiger partial charge in [-0.05, 0) is 56.0 Å². The van der Waals surface area contributed by atoms with Crippen molar-refractivity contribution in [1.29, 1.82) is 0 Å². The van der Waals surface area contributed by atoms with E-state index in [0.29, 0.717) is 12.3 Å². The van der Waals surface area contributed by atoms with Crippen LogP contribution >= 0.6 is 11.6 Å². The molecule has 29 heavy (non-hydrogen) atoms. The van der Waals surface area contributed by atoms with Crippen LogP contribution in [0.1, 0.15) is 34.3 Å². The molecule has 2 aromatic rings. The van der Waals surface area contributed by atoms with Gasteiger partial charge in [0.1, 0.15) is 12.4 Å². The molecule has 0 aromatic heterocycles. The number of benzene rings is 2. The fraction of sp³-hybridized carbons (Fsp3) is 0.364. The largest absolute Gasteiger partial charge is 0.376 e. The standard InChI is InChI=1S/C22H24ClFN2O3/c1-14-6-3-10-19(15(14)2)25-20(27)13-26(12-16-7-5-11-29-16)22(28)21-17(23)8-4-9-18(21)24/h3-4,6,8-10,16H,5,7,11-13H2,1-2H3,(H,25,27)/t16-/m1/s1. The van der Waals surface area contributed by atoms with Gasteiger partial charge in [0.25, 0.3) is 5.91 Å². The molecule has 7 heteroatoms. The molecule has 5 nitrogen and oxygen atoms in total. The Morgan fingerprint density at radius 2 is 2.00 bits per heavy atom. The number of nitrogens with zero attached hydrogens (tertiary/aromatic N) is 1. The number of carbonyl (C=O) groups is 2. The van der Waals surface area contributed by atoms with Crippen molar-refractivity contribution in [3.8, 4) is 0 Å². The van der Waals surface area contributed by atoms with Crippen molar-refractivity contribution in [2.75, 3.05) is 25.0 Å². The van der Waals surface area contributed by atoms with E-state index in [-0.39, 0.29) is 35.7 Å². The predicted molar refractivity (Wildman–Crippen MR) is 111 cm³/mol. The first-order chi connectivity index (χ1) is 13.9. The lowest BCUT2D eigenvalue weighted by atomic mass is 10.1. The minimum Gasteiger partial charge on any atom is -0.376 e. The van der Waals surface area contributed by atoms with Crippen LogP contribution in [0.4, 0.5) is 10.1 Å². The van der Waals surface area contributed by atoms with E-state index in [4.69, 9.17) is 16.3 Å². The summed E-state index contributed by atoms with van der Waals surface area (Å²) in [7, 11) is 0. The van der Waals surface area contributed by atoms with Crippen molar-refractivity contribution >= 4 is 29.1 Å². The number of halogens is 2. The van der Waals surface area contributed by atoms with Gasteiger partial charge in [-0.3, -0.25) is 9.59 Å². The molecule has 1 aliphatic rings. The summed E-state index contributed by atoms with van der Waals surface area (Å²) in [6, 6.07) is 9.69. The Kier molecular flexibility index (Phi) is 6.87. The lowest BCUT2D eigenvalue weighted by Gasteiger charge is -2.26. The summed E-state index contributed by atoms with van der Waals surface area (Å²) in [5, 5.41) is 2.86. The van der Waals surface area contributed by atoms with Crippen LogP contribution in [0.2, 0.25) is 5.02 Å². The third kappa shape index (κ3) is 5.14. The third-order valence-corrected chi connectivity index (χ3v) is 5.44. The molecule has 3 rings (SSSR count). The molecule has 0 aliphatic carbocycles. The molecule has 0 radical (unpaired) electrons. The van der Waals surface area contributed by atoms with Crippen LogP contribution in [0.3, 0.4) is 0 Å². The Balaban J connectivity index is 1.80. The molecular weight excluding hydrogens is 395 g/mol. The highest BCUT2D eigenvalue weighted by Crippen LogP contribution is 2.23. The highest BCUT2D eigenvalue weighted by Gasteiger charge is 2.28. The molecule has 0 unspecified atom stereocenters. The SMILES string of the molecule is Cc1cccc(NC(=O)CN(C[C@H]2CCCO2)C(=O)c2c(F)cccc2Cl)c1C. The Morgan fingerprint density at radius 1 is 1.24 bits per heavy atom. The van der Waals surface area contributed by atoms with Crippen molar-refractivity contribution in [2.45, 2.75) is 32.8 Å². The van der Waals surface area contributed by atoms with Crippen molar-refractivity contribution < 1.29 is 18.7 Å². The first kappa shape index (κ1) is 21.3. The molecular formula is C22H24ClFN2O3. The molecule has 1 fully saturated rings. The van der Waals surface area contributed by atoms with E-state index in [1.807, 2.05) is 26.0 Å². The number of nitrogens with one attached hydrogen (secondary N) is 1. The zero-order valence-electron chi connectivity index (χ0n) is 16.5. The highest BCUT2D eigenvalue weighted by molar-refractivity contribution is 6.33. The predicted octanol–water partition coefficient (Wildman–Crippen LogP) is 4.36. The van der Waals surface area contributed by atoms with Gasteiger partial charge in [-0.2, -0.15) is 0 Å². The monoisotopic (exact) mass is 418 g/mol. The van der Waals surface area contributed by atoms with Crippen LogP contribution in [0.5, 0.6) is 0 Å². The second-order valence-corrected chi connectivity index (χ2v) is 7.62. The Labute approximate surface area is 174 Å². The smallest absolute Gasteiger partial charge is 0.258 e. The van der Waals surface area contributed by atoms with Gasteiger partial charge in [0, 0.05) is 18.8 Å². The number of ether oxygens (including phenoxy) is 1. The number of aryl methyl sites for hydroxylation is 1. The summed E-state index contributed by atoms with van der Waals surface area (Å²) in [6.45, 7) is 4.46. The van der Waals surface area contributed by atoms with E-state index in [1.54, 1.807) is 6.07 Å². The minimum atomic E-state index is -0.713. The molecule has 1 N–H and O–H groups in total. The number of amides is 2. The van der Waals surface area contributed by atoms with E-state index in [9.17, 15) is 14.0 Å².